The van der Waals surface area contributed by atoms with Gasteiger partial charge in [0.25, 0.3) is 0 Å². The summed E-state index contributed by atoms with van der Waals surface area (Å²) in [5.74, 6) is 0.948. The van der Waals surface area contributed by atoms with Crippen LogP contribution in [0.2, 0.25) is 0 Å². The first kappa shape index (κ1) is 16.0. The number of ether oxygens (including phenoxy) is 1. The summed E-state index contributed by atoms with van der Waals surface area (Å²) in [6.07, 6.45) is 4.68. The summed E-state index contributed by atoms with van der Waals surface area (Å²) in [4.78, 5) is 2.39. The van der Waals surface area contributed by atoms with Gasteiger partial charge in [0.1, 0.15) is 12.1 Å². The predicted octanol–water partition coefficient (Wildman–Crippen LogP) is 1.50. The summed E-state index contributed by atoms with van der Waals surface area (Å²) in [5, 5.41) is 17.9. The Morgan fingerprint density at radius 2 is 2.27 bits per heavy atom. The van der Waals surface area contributed by atoms with Gasteiger partial charge in [0, 0.05) is 20.1 Å². The van der Waals surface area contributed by atoms with Gasteiger partial charge < -0.3 is 13.7 Å². The van der Waals surface area contributed by atoms with Crippen LogP contribution in [0.5, 0.6) is 0 Å². The summed E-state index contributed by atoms with van der Waals surface area (Å²) in [5.41, 5.74) is 1.05. The van der Waals surface area contributed by atoms with Crippen molar-refractivity contribution in [3.05, 3.63) is 36.1 Å². The minimum absolute atomic E-state index is 0.220. The molecule has 10 heteroatoms. The second-order valence-corrected chi connectivity index (χ2v) is 7.63. The minimum Gasteiger partial charge on any atom is -0.453 e. The van der Waals surface area contributed by atoms with Crippen molar-refractivity contribution in [1.29, 1.82) is 0 Å². The van der Waals surface area contributed by atoms with Gasteiger partial charge in [-0.25, -0.2) is 4.68 Å². The third-order valence-electron chi connectivity index (χ3n) is 4.89. The monoisotopic (exact) mass is 373 g/mol. The van der Waals surface area contributed by atoms with Crippen molar-refractivity contribution in [3.8, 4) is 0 Å². The zero-order valence-corrected chi connectivity index (χ0v) is 15.2. The van der Waals surface area contributed by atoms with Crippen LogP contribution in [0, 0.1) is 0 Å². The van der Waals surface area contributed by atoms with Crippen molar-refractivity contribution in [2.24, 2.45) is 7.05 Å². The van der Waals surface area contributed by atoms with Gasteiger partial charge >= 0.3 is 0 Å². The third kappa shape index (κ3) is 2.93. The van der Waals surface area contributed by atoms with Crippen LogP contribution < -0.4 is 0 Å². The van der Waals surface area contributed by atoms with Crippen molar-refractivity contribution in [2.75, 3.05) is 13.1 Å². The van der Waals surface area contributed by atoms with E-state index < -0.39 is 0 Å². The van der Waals surface area contributed by atoms with Crippen LogP contribution in [0.25, 0.3) is 0 Å². The van der Waals surface area contributed by atoms with Crippen molar-refractivity contribution >= 4 is 11.8 Å². The molecule has 0 N–H and O–H groups in total. The summed E-state index contributed by atoms with van der Waals surface area (Å²) < 4.78 is 15.8. The molecule has 3 aromatic rings. The number of aromatic nitrogens is 6. The molecule has 9 nitrogen and oxygen atoms in total. The first-order valence-corrected chi connectivity index (χ1v) is 9.41. The van der Waals surface area contributed by atoms with E-state index in [1.807, 2.05) is 28.4 Å². The van der Waals surface area contributed by atoms with Crippen LogP contribution >= 0.6 is 11.8 Å². The Morgan fingerprint density at radius 1 is 1.31 bits per heavy atom. The zero-order valence-electron chi connectivity index (χ0n) is 14.4. The lowest BCUT2D eigenvalue weighted by Gasteiger charge is -2.40. The summed E-state index contributed by atoms with van der Waals surface area (Å²) >= 11 is 1.48. The van der Waals surface area contributed by atoms with E-state index >= 15 is 0 Å². The fourth-order valence-corrected chi connectivity index (χ4v) is 4.31. The van der Waals surface area contributed by atoms with Gasteiger partial charge in [-0.3, -0.25) is 4.90 Å². The second kappa shape index (κ2) is 6.53. The van der Waals surface area contributed by atoms with Gasteiger partial charge in [-0.15, -0.1) is 15.3 Å². The molecule has 0 saturated carbocycles. The van der Waals surface area contributed by atoms with E-state index in [2.05, 4.69) is 25.4 Å². The number of furan rings is 1. The molecule has 3 aromatic heterocycles. The predicted molar refractivity (Wildman–Crippen MR) is 91.4 cm³/mol. The molecular formula is C16H19N7O2S. The minimum atomic E-state index is 0.220. The molecule has 2 atom stereocenters. The van der Waals surface area contributed by atoms with Gasteiger partial charge in [-0.2, -0.15) is 0 Å². The molecule has 0 bridgehead atoms. The Kier molecular flexibility index (Phi) is 4.03. The number of hydrogen-bond donors (Lipinski definition) is 0. The lowest BCUT2D eigenvalue weighted by atomic mass is 10.0. The molecule has 0 amide bonds. The number of nitrogens with zero attached hydrogens (tertiary/aromatic N) is 7. The SMILES string of the molecule is Cn1cnnc1Sc1ccc(CN2CC[C@H]3OCc4cnnn4[C@@H]3C2)o1. The molecule has 0 unspecified atom stereocenters. The molecule has 5 rings (SSSR count). The van der Waals surface area contributed by atoms with E-state index in [9.17, 15) is 0 Å². The highest BCUT2D eigenvalue weighted by molar-refractivity contribution is 7.99. The molecule has 26 heavy (non-hydrogen) atoms. The maximum Gasteiger partial charge on any atom is 0.198 e. The van der Waals surface area contributed by atoms with E-state index in [1.54, 1.807) is 12.5 Å². The van der Waals surface area contributed by atoms with Crippen molar-refractivity contribution < 1.29 is 9.15 Å². The van der Waals surface area contributed by atoms with Gasteiger partial charge in [0.05, 0.1) is 37.2 Å². The first-order chi connectivity index (χ1) is 12.8. The van der Waals surface area contributed by atoms with E-state index in [0.717, 1.165) is 47.8 Å². The Morgan fingerprint density at radius 3 is 3.15 bits per heavy atom. The van der Waals surface area contributed by atoms with Crippen LogP contribution in [0.3, 0.4) is 0 Å². The van der Waals surface area contributed by atoms with E-state index in [0.29, 0.717) is 6.61 Å². The maximum atomic E-state index is 5.98. The average Bonchev–Trinajstić information content (AvgIpc) is 3.37. The summed E-state index contributed by atoms with van der Waals surface area (Å²) in [6, 6.07) is 4.24. The van der Waals surface area contributed by atoms with Crippen molar-refractivity contribution in [3.63, 3.8) is 0 Å². The lowest BCUT2D eigenvalue weighted by molar-refractivity contribution is -0.0678. The normalized spacial score (nSPS) is 23.0. The molecule has 0 aromatic carbocycles. The number of aryl methyl sites for hydroxylation is 1. The molecule has 0 aliphatic carbocycles. The number of hydrogen-bond acceptors (Lipinski definition) is 8. The fourth-order valence-electron chi connectivity index (χ4n) is 3.56. The maximum absolute atomic E-state index is 5.98. The van der Waals surface area contributed by atoms with Crippen LogP contribution in [0.4, 0.5) is 0 Å². The van der Waals surface area contributed by atoms with Crippen LogP contribution in [-0.4, -0.2) is 53.9 Å². The summed E-state index contributed by atoms with van der Waals surface area (Å²) in [6.45, 7) is 3.24. The Labute approximate surface area is 154 Å². The quantitative estimate of drug-likeness (QED) is 0.680. The zero-order chi connectivity index (χ0) is 17.5. The molecule has 1 fully saturated rings. The topological polar surface area (TPSA) is 87.0 Å². The van der Waals surface area contributed by atoms with Gasteiger partial charge in [0.2, 0.25) is 0 Å². The Hall–Kier alpha value is -2.17. The van der Waals surface area contributed by atoms with E-state index in [1.165, 1.54) is 11.8 Å². The molecule has 2 aliphatic rings. The van der Waals surface area contributed by atoms with Crippen molar-refractivity contribution in [2.45, 2.75) is 42.0 Å². The summed E-state index contributed by atoms with van der Waals surface area (Å²) in [7, 11) is 1.92. The standard InChI is InChI=1S/C16H19N7O2S/c1-21-10-18-19-16(21)26-15-3-2-12(25-15)7-22-5-4-14-13(8-22)23-11(9-24-14)6-17-20-23/h2-3,6,10,13-14H,4-5,7-9H2,1H3/t13-,14-/m1/s1. The molecular weight excluding hydrogens is 354 g/mol. The molecule has 0 spiro atoms. The number of rotatable bonds is 4. The van der Waals surface area contributed by atoms with Crippen LogP contribution in [0.1, 0.15) is 23.9 Å². The molecule has 1 saturated heterocycles. The Balaban J connectivity index is 1.26. The number of piperidine rings is 1. The molecule has 0 radical (unpaired) electrons. The van der Waals surface area contributed by atoms with Gasteiger partial charge in [-0.1, -0.05) is 5.21 Å². The van der Waals surface area contributed by atoms with Gasteiger partial charge in [0.15, 0.2) is 10.2 Å². The number of fused-ring (bicyclic) bond motifs is 3. The highest BCUT2D eigenvalue weighted by Crippen LogP contribution is 2.32. The molecule has 2 aliphatic heterocycles. The second-order valence-electron chi connectivity index (χ2n) is 6.66. The Bertz CT molecular complexity index is 904. The van der Waals surface area contributed by atoms with Crippen LogP contribution in [-0.2, 0) is 24.9 Å². The third-order valence-corrected chi connectivity index (χ3v) is 5.86. The van der Waals surface area contributed by atoms with Crippen LogP contribution in [0.15, 0.2) is 39.3 Å². The fraction of sp³-hybridized carbons (Fsp3) is 0.500. The van der Waals surface area contributed by atoms with Gasteiger partial charge in [-0.05, 0) is 30.3 Å². The van der Waals surface area contributed by atoms with E-state index in [4.69, 9.17) is 9.15 Å². The van der Waals surface area contributed by atoms with E-state index in [-0.39, 0.29) is 12.1 Å². The van der Waals surface area contributed by atoms with Crippen molar-refractivity contribution in [1.82, 2.24) is 34.7 Å². The average molecular weight is 373 g/mol. The number of likely N-dealkylation sites (tertiary alicyclic amines) is 1. The first-order valence-electron chi connectivity index (χ1n) is 8.60. The lowest BCUT2D eigenvalue weighted by Crippen LogP contribution is -2.47. The highest BCUT2D eigenvalue weighted by Gasteiger charge is 2.36. The largest absolute Gasteiger partial charge is 0.453 e. The molecule has 136 valence electrons. The smallest absolute Gasteiger partial charge is 0.198 e. The highest BCUT2D eigenvalue weighted by atomic mass is 32.2. The molecule has 5 heterocycles.